The Labute approximate surface area is 173 Å². The average Bonchev–Trinajstić information content (AvgIpc) is 3.24. The normalized spacial score (nSPS) is 10.8. The number of furan rings is 1. The molecule has 5 heteroatoms. The first-order valence-electron chi connectivity index (χ1n) is 9.51. The van der Waals surface area contributed by atoms with Crippen LogP contribution in [0.5, 0.6) is 0 Å². The van der Waals surface area contributed by atoms with Gasteiger partial charge in [-0.25, -0.2) is 0 Å². The lowest BCUT2D eigenvalue weighted by Gasteiger charge is -2.24. The number of fused-ring (bicyclic) bond motifs is 1. The highest BCUT2D eigenvalue weighted by atomic mass is 16.3. The van der Waals surface area contributed by atoms with Gasteiger partial charge in [-0.05, 0) is 60.7 Å². The van der Waals surface area contributed by atoms with Crippen molar-refractivity contribution < 1.29 is 9.21 Å². The summed E-state index contributed by atoms with van der Waals surface area (Å²) in [5, 5.41) is 0.965. The third-order valence-corrected chi connectivity index (χ3v) is 4.90. The molecule has 5 rings (SSSR count). The number of anilines is 3. The Morgan fingerprint density at radius 3 is 2.07 bits per heavy atom. The van der Waals surface area contributed by atoms with E-state index in [4.69, 9.17) is 4.42 Å². The molecule has 0 amide bonds. The van der Waals surface area contributed by atoms with E-state index in [0.717, 1.165) is 40.1 Å². The molecule has 0 saturated heterocycles. The molecule has 144 valence electrons. The zero-order chi connectivity index (χ0) is 20.3. The molecule has 0 bridgehead atoms. The number of hydrogen-bond donors (Lipinski definition) is 0. The van der Waals surface area contributed by atoms with Gasteiger partial charge in [0.05, 0.1) is 23.8 Å². The minimum atomic E-state index is 0.599. The van der Waals surface area contributed by atoms with Crippen molar-refractivity contribution in [2.45, 2.75) is 0 Å². The molecule has 0 fully saturated rings. The average molecular weight is 391 g/mol. The van der Waals surface area contributed by atoms with Crippen molar-refractivity contribution in [1.82, 2.24) is 9.97 Å². The Bertz CT molecular complexity index is 1260. The van der Waals surface area contributed by atoms with Crippen LogP contribution in [0.15, 0.2) is 102 Å². The fourth-order valence-electron chi connectivity index (χ4n) is 3.46. The molecule has 0 aliphatic heterocycles. The maximum absolute atomic E-state index is 11.0. The van der Waals surface area contributed by atoms with Crippen LogP contribution >= 0.6 is 0 Å². The maximum atomic E-state index is 11.0. The Morgan fingerprint density at radius 1 is 0.767 bits per heavy atom. The molecule has 0 aliphatic rings. The zero-order valence-electron chi connectivity index (χ0n) is 16.0. The maximum Gasteiger partial charge on any atom is 0.150 e. The Balaban J connectivity index is 1.53. The summed E-state index contributed by atoms with van der Waals surface area (Å²) in [6, 6.07) is 23.4. The van der Waals surface area contributed by atoms with Gasteiger partial charge in [-0.3, -0.25) is 14.8 Å². The number of rotatable bonds is 5. The predicted molar refractivity (Wildman–Crippen MR) is 117 cm³/mol. The van der Waals surface area contributed by atoms with Gasteiger partial charge in [0.2, 0.25) is 0 Å². The number of hydrogen-bond acceptors (Lipinski definition) is 5. The molecule has 0 N–H and O–H groups in total. The van der Waals surface area contributed by atoms with Crippen molar-refractivity contribution >= 4 is 34.3 Å². The van der Waals surface area contributed by atoms with E-state index in [9.17, 15) is 4.79 Å². The largest absolute Gasteiger partial charge is 0.456 e. The highest BCUT2D eigenvalue weighted by Crippen LogP contribution is 2.35. The summed E-state index contributed by atoms with van der Waals surface area (Å²) in [6.07, 6.45) is 7.98. The van der Waals surface area contributed by atoms with Gasteiger partial charge >= 0.3 is 0 Å². The highest BCUT2D eigenvalue weighted by molar-refractivity contribution is 5.88. The molecular weight excluding hydrogens is 374 g/mol. The third-order valence-electron chi connectivity index (χ3n) is 4.90. The van der Waals surface area contributed by atoms with E-state index >= 15 is 0 Å². The molecule has 0 radical (unpaired) electrons. The lowest BCUT2D eigenvalue weighted by Crippen LogP contribution is -2.10. The van der Waals surface area contributed by atoms with Crippen LogP contribution in [0.1, 0.15) is 10.4 Å². The van der Waals surface area contributed by atoms with Crippen molar-refractivity contribution in [2.75, 3.05) is 4.90 Å². The van der Waals surface area contributed by atoms with Crippen LogP contribution in [0, 0.1) is 0 Å². The fourth-order valence-corrected chi connectivity index (χ4v) is 3.46. The smallest absolute Gasteiger partial charge is 0.150 e. The van der Waals surface area contributed by atoms with Crippen LogP contribution in [-0.2, 0) is 0 Å². The number of benzene rings is 2. The third kappa shape index (κ3) is 3.33. The van der Waals surface area contributed by atoms with Gasteiger partial charge in [0.15, 0.2) is 0 Å². The second-order valence-corrected chi connectivity index (χ2v) is 6.83. The van der Waals surface area contributed by atoms with Crippen LogP contribution < -0.4 is 4.90 Å². The highest BCUT2D eigenvalue weighted by Gasteiger charge is 2.13. The lowest BCUT2D eigenvalue weighted by atomic mass is 10.1. The Morgan fingerprint density at radius 2 is 1.47 bits per heavy atom. The number of pyridine rings is 2. The van der Waals surface area contributed by atoms with Crippen LogP contribution in [-0.4, -0.2) is 16.3 Å². The van der Waals surface area contributed by atoms with Gasteiger partial charge < -0.3 is 9.32 Å². The standard InChI is InChI=1S/C25H17N3O2/c29-17-18-5-6-20-14-25(30-24(20)13-18)19-7-9-21(10-8-19)28(22-3-1-11-26-15-22)23-4-2-12-27-16-23/h1-17H. The number of carbonyl (C=O) groups excluding carboxylic acids is 1. The SMILES string of the molecule is O=Cc1ccc2cc(-c3ccc(N(c4cccnc4)c4cccnc4)cc3)oc2c1. The van der Waals surface area contributed by atoms with Crippen molar-refractivity contribution in [3.63, 3.8) is 0 Å². The number of aldehydes is 1. The predicted octanol–water partition coefficient (Wildman–Crippen LogP) is 6.17. The van der Waals surface area contributed by atoms with Crippen molar-refractivity contribution in [2.24, 2.45) is 0 Å². The first kappa shape index (κ1) is 17.8. The van der Waals surface area contributed by atoms with Gasteiger partial charge in [0.1, 0.15) is 17.6 Å². The van der Waals surface area contributed by atoms with E-state index in [0.29, 0.717) is 11.1 Å². The molecule has 0 saturated carbocycles. The molecule has 0 atom stereocenters. The minimum absolute atomic E-state index is 0.599. The first-order chi connectivity index (χ1) is 14.8. The molecule has 0 unspecified atom stereocenters. The van der Waals surface area contributed by atoms with Gasteiger partial charge in [-0.2, -0.15) is 0 Å². The molecule has 0 spiro atoms. The summed E-state index contributed by atoms with van der Waals surface area (Å²) in [4.78, 5) is 21.6. The van der Waals surface area contributed by atoms with Gasteiger partial charge in [0, 0.05) is 34.6 Å². The fraction of sp³-hybridized carbons (Fsp3) is 0. The number of carbonyl (C=O) groups is 1. The summed E-state index contributed by atoms with van der Waals surface area (Å²) in [5.74, 6) is 0.758. The summed E-state index contributed by atoms with van der Waals surface area (Å²) in [7, 11) is 0. The molecule has 5 nitrogen and oxygen atoms in total. The van der Waals surface area contributed by atoms with Crippen molar-refractivity contribution in [1.29, 1.82) is 0 Å². The van der Waals surface area contributed by atoms with E-state index < -0.39 is 0 Å². The van der Waals surface area contributed by atoms with E-state index in [1.807, 2.05) is 73.1 Å². The second-order valence-electron chi connectivity index (χ2n) is 6.83. The molecule has 0 aliphatic carbocycles. The Kier molecular flexibility index (Phi) is 4.54. The molecule has 30 heavy (non-hydrogen) atoms. The summed E-state index contributed by atoms with van der Waals surface area (Å²) < 4.78 is 5.97. The van der Waals surface area contributed by atoms with Crippen molar-refractivity contribution in [3.8, 4) is 11.3 Å². The van der Waals surface area contributed by atoms with E-state index in [1.54, 1.807) is 24.5 Å². The molecule has 2 aromatic carbocycles. The quantitative estimate of drug-likeness (QED) is 0.335. The first-order valence-corrected chi connectivity index (χ1v) is 9.51. The van der Waals surface area contributed by atoms with Gasteiger partial charge in [0.25, 0.3) is 0 Å². The van der Waals surface area contributed by atoms with E-state index in [1.165, 1.54) is 0 Å². The minimum Gasteiger partial charge on any atom is -0.456 e. The van der Waals surface area contributed by atoms with Crippen LogP contribution in [0.2, 0.25) is 0 Å². The zero-order valence-corrected chi connectivity index (χ0v) is 16.0. The van der Waals surface area contributed by atoms with Gasteiger partial charge in [-0.1, -0.05) is 12.1 Å². The number of nitrogens with zero attached hydrogens (tertiary/aromatic N) is 3. The van der Waals surface area contributed by atoms with E-state index in [-0.39, 0.29) is 0 Å². The monoisotopic (exact) mass is 391 g/mol. The van der Waals surface area contributed by atoms with E-state index in [2.05, 4.69) is 14.9 Å². The van der Waals surface area contributed by atoms with Crippen LogP contribution in [0.4, 0.5) is 17.1 Å². The molecule has 5 aromatic rings. The molecule has 3 heterocycles. The Hall–Kier alpha value is -4.25. The van der Waals surface area contributed by atoms with Crippen molar-refractivity contribution in [3.05, 3.63) is 103 Å². The molecular formula is C25H17N3O2. The van der Waals surface area contributed by atoms with Crippen LogP contribution in [0.3, 0.4) is 0 Å². The number of aromatic nitrogens is 2. The summed E-state index contributed by atoms with van der Waals surface area (Å²) >= 11 is 0. The lowest BCUT2D eigenvalue weighted by molar-refractivity contribution is 0.112. The van der Waals surface area contributed by atoms with Crippen LogP contribution in [0.25, 0.3) is 22.3 Å². The summed E-state index contributed by atoms with van der Waals surface area (Å²) in [6.45, 7) is 0. The summed E-state index contributed by atoms with van der Waals surface area (Å²) in [5.41, 5.74) is 5.14. The molecule has 3 aromatic heterocycles. The topological polar surface area (TPSA) is 59.2 Å². The van der Waals surface area contributed by atoms with Gasteiger partial charge in [-0.15, -0.1) is 0 Å². The second kappa shape index (κ2) is 7.64.